The fourth-order valence-corrected chi connectivity index (χ4v) is 1.13. The van der Waals surface area contributed by atoms with Gasteiger partial charge in [0.2, 0.25) is 5.91 Å². The SMILES string of the molecule is CN(CCC(=O)NC1CC1)CC(=O)O. The number of rotatable bonds is 6. The van der Waals surface area contributed by atoms with Gasteiger partial charge in [-0.2, -0.15) is 0 Å². The first-order chi connectivity index (χ1) is 6.58. The normalized spacial score (nSPS) is 15.6. The highest BCUT2D eigenvalue weighted by molar-refractivity contribution is 5.76. The Balaban J connectivity index is 2.05. The van der Waals surface area contributed by atoms with Crippen LogP contribution < -0.4 is 5.32 Å². The maximum absolute atomic E-state index is 11.2. The van der Waals surface area contributed by atoms with E-state index in [1.54, 1.807) is 11.9 Å². The second-order valence-electron chi connectivity index (χ2n) is 3.72. The fraction of sp³-hybridized carbons (Fsp3) is 0.778. The molecule has 0 spiro atoms. The molecular formula is C9H16N2O3. The maximum atomic E-state index is 11.2. The highest BCUT2D eigenvalue weighted by atomic mass is 16.4. The van der Waals surface area contributed by atoms with E-state index in [0.29, 0.717) is 19.0 Å². The van der Waals surface area contributed by atoms with Gasteiger partial charge in [0.25, 0.3) is 0 Å². The Morgan fingerprint density at radius 3 is 2.64 bits per heavy atom. The van der Waals surface area contributed by atoms with Crippen molar-refractivity contribution in [2.24, 2.45) is 0 Å². The van der Waals surface area contributed by atoms with Crippen molar-refractivity contribution < 1.29 is 14.7 Å². The number of carboxylic acids is 1. The van der Waals surface area contributed by atoms with Crippen LogP contribution >= 0.6 is 0 Å². The van der Waals surface area contributed by atoms with Crippen LogP contribution in [0.25, 0.3) is 0 Å². The summed E-state index contributed by atoms with van der Waals surface area (Å²) in [6, 6.07) is 0.382. The lowest BCUT2D eigenvalue weighted by atomic mass is 10.3. The van der Waals surface area contributed by atoms with Crippen molar-refractivity contribution in [2.45, 2.75) is 25.3 Å². The number of carboxylic acid groups (broad SMARTS) is 1. The summed E-state index contributed by atoms with van der Waals surface area (Å²) in [5, 5.41) is 11.3. The van der Waals surface area contributed by atoms with Crippen molar-refractivity contribution in [1.82, 2.24) is 10.2 Å². The minimum Gasteiger partial charge on any atom is -0.480 e. The van der Waals surface area contributed by atoms with E-state index in [1.807, 2.05) is 0 Å². The summed E-state index contributed by atoms with van der Waals surface area (Å²) in [5.41, 5.74) is 0. The number of aliphatic carboxylic acids is 1. The quantitative estimate of drug-likeness (QED) is 0.616. The van der Waals surface area contributed by atoms with Crippen LogP contribution in [0.1, 0.15) is 19.3 Å². The molecule has 1 aliphatic carbocycles. The molecule has 1 amide bonds. The van der Waals surface area contributed by atoms with Crippen molar-refractivity contribution >= 4 is 11.9 Å². The lowest BCUT2D eigenvalue weighted by molar-refractivity contribution is -0.138. The minimum atomic E-state index is -0.866. The molecule has 1 aliphatic rings. The third kappa shape index (κ3) is 4.81. The van der Waals surface area contributed by atoms with Crippen LogP contribution in [0.3, 0.4) is 0 Å². The third-order valence-electron chi connectivity index (χ3n) is 2.07. The van der Waals surface area contributed by atoms with Crippen LogP contribution in [0.2, 0.25) is 0 Å². The molecule has 14 heavy (non-hydrogen) atoms. The number of hydrogen-bond acceptors (Lipinski definition) is 3. The zero-order chi connectivity index (χ0) is 10.6. The predicted molar refractivity (Wildman–Crippen MR) is 50.9 cm³/mol. The summed E-state index contributed by atoms with van der Waals surface area (Å²) in [4.78, 5) is 23.1. The number of carbonyl (C=O) groups is 2. The topological polar surface area (TPSA) is 69.6 Å². The van der Waals surface area contributed by atoms with E-state index in [2.05, 4.69) is 5.32 Å². The molecule has 0 aromatic heterocycles. The largest absolute Gasteiger partial charge is 0.480 e. The average Bonchev–Trinajstić information content (AvgIpc) is 2.83. The van der Waals surface area contributed by atoms with E-state index in [1.165, 1.54) is 0 Å². The summed E-state index contributed by atoms with van der Waals surface area (Å²) >= 11 is 0. The van der Waals surface area contributed by atoms with Gasteiger partial charge < -0.3 is 10.4 Å². The molecule has 5 nitrogen and oxygen atoms in total. The van der Waals surface area contributed by atoms with Gasteiger partial charge in [-0.15, -0.1) is 0 Å². The van der Waals surface area contributed by atoms with Crippen molar-refractivity contribution in [2.75, 3.05) is 20.1 Å². The number of nitrogens with one attached hydrogen (secondary N) is 1. The minimum absolute atomic E-state index is 0.0172. The Hall–Kier alpha value is -1.10. The molecule has 0 atom stereocenters. The van der Waals surface area contributed by atoms with Gasteiger partial charge in [0.1, 0.15) is 0 Å². The van der Waals surface area contributed by atoms with E-state index in [-0.39, 0.29) is 12.5 Å². The summed E-state index contributed by atoms with van der Waals surface area (Å²) in [5.74, 6) is -0.847. The summed E-state index contributed by atoms with van der Waals surface area (Å²) in [6.07, 6.45) is 2.54. The number of nitrogens with zero attached hydrogens (tertiary/aromatic N) is 1. The van der Waals surface area contributed by atoms with E-state index >= 15 is 0 Å². The molecule has 1 fully saturated rings. The van der Waals surface area contributed by atoms with E-state index in [9.17, 15) is 9.59 Å². The smallest absolute Gasteiger partial charge is 0.317 e. The van der Waals surface area contributed by atoms with Crippen LogP contribution in [0.15, 0.2) is 0 Å². The van der Waals surface area contributed by atoms with Gasteiger partial charge in [0, 0.05) is 19.0 Å². The lowest BCUT2D eigenvalue weighted by Crippen LogP contribution is -2.32. The Bertz CT molecular complexity index is 226. The summed E-state index contributed by atoms with van der Waals surface area (Å²) in [6.45, 7) is 0.474. The predicted octanol–water partition coefficient (Wildman–Crippen LogP) is -0.328. The highest BCUT2D eigenvalue weighted by Crippen LogP contribution is 2.18. The van der Waals surface area contributed by atoms with Gasteiger partial charge in [-0.3, -0.25) is 14.5 Å². The molecule has 80 valence electrons. The van der Waals surface area contributed by atoms with E-state index in [0.717, 1.165) is 12.8 Å². The van der Waals surface area contributed by atoms with Crippen molar-refractivity contribution in [3.8, 4) is 0 Å². The van der Waals surface area contributed by atoms with Crippen molar-refractivity contribution in [3.63, 3.8) is 0 Å². The lowest BCUT2D eigenvalue weighted by Gasteiger charge is -2.13. The molecule has 0 aliphatic heterocycles. The Kier molecular flexibility index (Phi) is 3.88. The standard InChI is InChI=1S/C9H16N2O3/c1-11(6-9(13)14)5-4-8(12)10-7-2-3-7/h7H,2-6H2,1H3,(H,10,12)(H,13,14). The molecule has 1 rings (SSSR count). The van der Waals surface area contributed by atoms with Gasteiger partial charge in [0.05, 0.1) is 6.54 Å². The zero-order valence-corrected chi connectivity index (χ0v) is 8.32. The molecule has 0 aromatic rings. The maximum Gasteiger partial charge on any atom is 0.317 e. The van der Waals surface area contributed by atoms with Gasteiger partial charge in [0.15, 0.2) is 0 Å². The van der Waals surface area contributed by atoms with Gasteiger partial charge in [-0.25, -0.2) is 0 Å². The fourth-order valence-electron chi connectivity index (χ4n) is 1.13. The Morgan fingerprint density at radius 2 is 2.14 bits per heavy atom. The number of amides is 1. The number of likely N-dealkylation sites (N-methyl/N-ethyl adjacent to an activating group) is 1. The highest BCUT2D eigenvalue weighted by Gasteiger charge is 2.22. The summed E-state index contributed by atoms with van der Waals surface area (Å²) < 4.78 is 0. The van der Waals surface area contributed by atoms with E-state index in [4.69, 9.17) is 5.11 Å². The van der Waals surface area contributed by atoms with Crippen LogP contribution in [0, 0.1) is 0 Å². The molecule has 2 N–H and O–H groups in total. The van der Waals surface area contributed by atoms with Gasteiger partial charge in [-0.05, 0) is 19.9 Å². The third-order valence-corrected chi connectivity index (χ3v) is 2.07. The monoisotopic (exact) mass is 200 g/mol. The first-order valence-electron chi connectivity index (χ1n) is 4.77. The van der Waals surface area contributed by atoms with Gasteiger partial charge in [-0.1, -0.05) is 0 Å². The molecular weight excluding hydrogens is 184 g/mol. The second kappa shape index (κ2) is 4.95. The van der Waals surface area contributed by atoms with E-state index < -0.39 is 5.97 Å². The molecule has 0 unspecified atom stereocenters. The average molecular weight is 200 g/mol. The van der Waals surface area contributed by atoms with Crippen LogP contribution in [0.5, 0.6) is 0 Å². The van der Waals surface area contributed by atoms with Crippen LogP contribution in [-0.2, 0) is 9.59 Å². The zero-order valence-electron chi connectivity index (χ0n) is 8.32. The van der Waals surface area contributed by atoms with Crippen molar-refractivity contribution in [3.05, 3.63) is 0 Å². The summed E-state index contributed by atoms with van der Waals surface area (Å²) in [7, 11) is 1.69. The molecule has 0 saturated heterocycles. The molecule has 0 bridgehead atoms. The Morgan fingerprint density at radius 1 is 1.50 bits per heavy atom. The number of hydrogen-bond donors (Lipinski definition) is 2. The van der Waals surface area contributed by atoms with Crippen LogP contribution in [-0.4, -0.2) is 48.1 Å². The Labute approximate surface area is 83.1 Å². The molecule has 0 aromatic carbocycles. The number of carbonyl (C=O) groups excluding carboxylic acids is 1. The first kappa shape index (κ1) is 11.0. The molecule has 0 radical (unpaired) electrons. The first-order valence-corrected chi connectivity index (χ1v) is 4.77. The van der Waals surface area contributed by atoms with Crippen LogP contribution in [0.4, 0.5) is 0 Å². The molecule has 5 heteroatoms. The molecule has 1 saturated carbocycles. The van der Waals surface area contributed by atoms with Gasteiger partial charge >= 0.3 is 5.97 Å². The molecule has 0 heterocycles. The second-order valence-corrected chi connectivity index (χ2v) is 3.72. The van der Waals surface area contributed by atoms with Crippen molar-refractivity contribution in [1.29, 1.82) is 0 Å².